The van der Waals surface area contributed by atoms with Crippen LogP contribution in [0.1, 0.15) is 0 Å². The topological polar surface area (TPSA) is 25.8 Å². The molecule has 2 heterocycles. The van der Waals surface area contributed by atoms with Crippen LogP contribution in [0.4, 0.5) is 0 Å². The first-order valence-corrected chi connectivity index (χ1v) is 18.4. The van der Waals surface area contributed by atoms with E-state index in [1.54, 1.807) is 0 Å². The predicted molar refractivity (Wildman–Crippen MR) is 227 cm³/mol. The van der Waals surface area contributed by atoms with Gasteiger partial charge in [0.2, 0.25) is 0 Å². The summed E-state index contributed by atoms with van der Waals surface area (Å²) in [7, 11) is 0. The minimum absolute atomic E-state index is 1.13. The molecule has 0 saturated carbocycles. The first-order valence-electron chi connectivity index (χ1n) is 18.4. The summed E-state index contributed by atoms with van der Waals surface area (Å²) in [5.41, 5.74) is 14.1. The Hall–Kier alpha value is -7.16. The van der Waals surface area contributed by atoms with Crippen molar-refractivity contribution in [3.63, 3.8) is 0 Å². The van der Waals surface area contributed by atoms with Crippen molar-refractivity contribution in [2.75, 3.05) is 0 Å². The monoisotopic (exact) mass is 686 g/mol. The highest BCUT2D eigenvalue weighted by Crippen LogP contribution is 2.44. The molecule has 252 valence electrons. The Labute approximate surface area is 314 Å². The Morgan fingerprint density at radius 2 is 0.537 bits per heavy atom. The summed E-state index contributed by atoms with van der Waals surface area (Å²) in [6.45, 7) is 0. The van der Waals surface area contributed by atoms with Gasteiger partial charge in [0.15, 0.2) is 0 Å². The van der Waals surface area contributed by atoms with Crippen molar-refractivity contribution in [2.45, 2.75) is 0 Å². The highest BCUT2D eigenvalue weighted by atomic mass is 14.6. The fraction of sp³-hybridized carbons (Fsp3) is 0. The molecule has 2 aromatic heterocycles. The standard InChI is InChI=1S/C52H34N2/c1-3-13-43(41(11-1)37-21-22-51-49-19-8-7-17-47(49)48-18-9-10-20-50(48)52(51)34-37)45-15-5-6-16-46(45)44-14-4-2-12-42(44)40-32-38(35-23-27-53-28-24-35)31-39(33-40)36-25-29-54-30-26-36/h1-34H. The largest absolute Gasteiger partial charge is 0.265 e. The van der Waals surface area contributed by atoms with Crippen LogP contribution in [-0.2, 0) is 0 Å². The number of benzene rings is 8. The maximum absolute atomic E-state index is 4.29. The number of aromatic nitrogens is 2. The quantitative estimate of drug-likeness (QED) is 0.163. The summed E-state index contributed by atoms with van der Waals surface area (Å²) >= 11 is 0. The van der Waals surface area contributed by atoms with Crippen LogP contribution in [0.5, 0.6) is 0 Å². The van der Waals surface area contributed by atoms with Crippen LogP contribution in [0.2, 0.25) is 0 Å². The Kier molecular flexibility index (Phi) is 7.85. The summed E-state index contributed by atoms with van der Waals surface area (Å²) in [4.78, 5) is 8.57. The van der Waals surface area contributed by atoms with Gasteiger partial charge in [0.25, 0.3) is 0 Å². The van der Waals surface area contributed by atoms with Crippen LogP contribution in [0.25, 0.3) is 99.1 Å². The van der Waals surface area contributed by atoms with Crippen molar-refractivity contribution >= 4 is 32.3 Å². The normalized spacial score (nSPS) is 11.3. The fourth-order valence-electron chi connectivity index (χ4n) is 8.17. The number of hydrogen-bond acceptors (Lipinski definition) is 2. The third kappa shape index (κ3) is 5.53. The van der Waals surface area contributed by atoms with Gasteiger partial charge in [-0.25, -0.2) is 0 Å². The van der Waals surface area contributed by atoms with Gasteiger partial charge >= 0.3 is 0 Å². The van der Waals surface area contributed by atoms with Crippen molar-refractivity contribution in [2.24, 2.45) is 0 Å². The van der Waals surface area contributed by atoms with E-state index in [9.17, 15) is 0 Å². The second-order valence-corrected chi connectivity index (χ2v) is 13.8. The Morgan fingerprint density at radius 3 is 1.00 bits per heavy atom. The lowest BCUT2D eigenvalue weighted by Crippen LogP contribution is -1.92. The highest BCUT2D eigenvalue weighted by Gasteiger charge is 2.17. The molecule has 0 bridgehead atoms. The number of rotatable bonds is 6. The second kappa shape index (κ2) is 13.4. The van der Waals surface area contributed by atoms with Crippen molar-refractivity contribution in [3.05, 3.63) is 207 Å². The van der Waals surface area contributed by atoms with Crippen LogP contribution in [0, 0.1) is 0 Å². The van der Waals surface area contributed by atoms with Gasteiger partial charge in [-0.1, -0.05) is 133 Å². The minimum atomic E-state index is 1.13. The van der Waals surface area contributed by atoms with E-state index >= 15 is 0 Å². The van der Waals surface area contributed by atoms with Crippen LogP contribution in [0.3, 0.4) is 0 Å². The Balaban J connectivity index is 1.15. The molecular weight excluding hydrogens is 653 g/mol. The molecule has 0 fully saturated rings. The van der Waals surface area contributed by atoms with Crippen molar-refractivity contribution in [3.8, 4) is 66.8 Å². The number of nitrogens with zero attached hydrogens (tertiary/aromatic N) is 2. The molecule has 0 unspecified atom stereocenters. The van der Waals surface area contributed by atoms with E-state index in [0.29, 0.717) is 0 Å². The van der Waals surface area contributed by atoms with E-state index in [1.807, 2.05) is 24.8 Å². The summed E-state index contributed by atoms with van der Waals surface area (Å²) in [6, 6.07) is 66.2. The van der Waals surface area contributed by atoms with Gasteiger partial charge in [-0.15, -0.1) is 0 Å². The lowest BCUT2D eigenvalue weighted by Gasteiger charge is -2.19. The lowest BCUT2D eigenvalue weighted by molar-refractivity contribution is 1.33. The molecule has 0 N–H and O–H groups in total. The van der Waals surface area contributed by atoms with Crippen LogP contribution in [0.15, 0.2) is 207 Å². The van der Waals surface area contributed by atoms with E-state index in [2.05, 4.69) is 192 Å². The summed E-state index contributed by atoms with van der Waals surface area (Å²) in [5, 5.41) is 7.69. The van der Waals surface area contributed by atoms with Gasteiger partial charge in [0.1, 0.15) is 0 Å². The Morgan fingerprint density at radius 1 is 0.204 bits per heavy atom. The number of hydrogen-bond donors (Lipinski definition) is 0. The zero-order valence-electron chi connectivity index (χ0n) is 29.5. The maximum atomic E-state index is 4.29. The molecule has 0 saturated heterocycles. The number of fused-ring (bicyclic) bond motifs is 6. The predicted octanol–water partition coefficient (Wildman–Crippen LogP) is 13.9. The fourth-order valence-corrected chi connectivity index (χ4v) is 8.17. The highest BCUT2D eigenvalue weighted by molar-refractivity contribution is 6.25. The third-order valence-electron chi connectivity index (χ3n) is 10.7. The molecule has 2 nitrogen and oxygen atoms in total. The van der Waals surface area contributed by atoms with Crippen LogP contribution < -0.4 is 0 Å². The van der Waals surface area contributed by atoms with Crippen LogP contribution in [-0.4, -0.2) is 9.97 Å². The minimum Gasteiger partial charge on any atom is -0.265 e. The van der Waals surface area contributed by atoms with Gasteiger partial charge in [-0.2, -0.15) is 0 Å². The molecule has 0 aliphatic rings. The second-order valence-electron chi connectivity index (χ2n) is 13.8. The summed E-state index contributed by atoms with van der Waals surface area (Å²) in [5.74, 6) is 0. The van der Waals surface area contributed by atoms with E-state index in [1.165, 1.54) is 71.3 Å². The van der Waals surface area contributed by atoms with Gasteiger partial charge in [0, 0.05) is 24.8 Å². The molecule has 8 aromatic carbocycles. The van der Waals surface area contributed by atoms with E-state index < -0.39 is 0 Å². The molecule has 0 aliphatic carbocycles. The number of pyridine rings is 2. The first kappa shape index (κ1) is 31.6. The molecule has 10 rings (SSSR count). The van der Waals surface area contributed by atoms with E-state index in [4.69, 9.17) is 0 Å². The molecular formula is C52H34N2. The van der Waals surface area contributed by atoms with Gasteiger partial charge < -0.3 is 0 Å². The Bertz CT molecular complexity index is 2890. The van der Waals surface area contributed by atoms with E-state index in [-0.39, 0.29) is 0 Å². The third-order valence-corrected chi connectivity index (χ3v) is 10.7. The van der Waals surface area contributed by atoms with Crippen molar-refractivity contribution in [1.29, 1.82) is 0 Å². The average Bonchev–Trinajstić information content (AvgIpc) is 3.27. The molecule has 10 aromatic rings. The van der Waals surface area contributed by atoms with Gasteiger partial charge in [0.05, 0.1) is 0 Å². The lowest BCUT2D eigenvalue weighted by atomic mass is 9.85. The van der Waals surface area contributed by atoms with Crippen molar-refractivity contribution in [1.82, 2.24) is 9.97 Å². The molecule has 0 aliphatic heterocycles. The molecule has 0 atom stereocenters. The average molecular weight is 687 g/mol. The van der Waals surface area contributed by atoms with Gasteiger partial charge in [-0.05, 0) is 148 Å². The van der Waals surface area contributed by atoms with Gasteiger partial charge in [-0.3, -0.25) is 9.97 Å². The molecule has 2 heteroatoms. The molecule has 0 amide bonds. The smallest absolute Gasteiger partial charge is 0.0273 e. The van der Waals surface area contributed by atoms with Crippen molar-refractivity contribution < 1.29 is 0 Å². The summed E-state index contributed by atoms with van der Waals surface area (Å²) in [6.07, 6.45) is 7.43. The zero-order valence-corrected chi connectivity index (χ0v) is 29.5. The zero-order chi connectivity index (χ0) is 35.8. The maximum Gasteiger partial charge on any atom is 0.0273 e. The van der Waals surface area contributed by atoms with E-state index in [0.717, 1.165) is 27.8 Å². The SMILES string of the molecule is c1ccc(-c2ccccc2-c2ccccc2-c2ccc3c4ccccc4c4ccccc4c3c2)c(-c2cc(-c3ccncc3)cc(-c3ccncc3)c2)c1. The molecule has 54 heavy (non-hydrogen) atoms. The van der Waals surface area contributed by atoms with Crippen LogP contribution >= 0.6 is 0 Å². The summed E-state index contributed by atoms with van der Waals surface area (Å²) < 4.78 is 0. The molecule has 0 radical (unpaired) electrons. The first-order chi connectivity index (χ1) is 26.8. The molecule has 0 spiro atoms.